The van der Waals surface area contributed by atoms with Crippen LogP contribution in [0, 0.1) is 5.82 Å². The number of benzene rings is 3. The zero-order chi connectivity index (χ0) is 24.2. The molecule has 0 fully saturated rings. The Labute approximate surface area is 202 Å². The van der Waals surface area contributed by atoms with Gasteiger partial charge in [-0.05, 0) is 71.6 Å². The van der Waals surface area contributed by atoms with Crippen molar-refractivity contribution in [3.05, 3.63) is 89.7 Å². The van der Waals surface area contributed by atoms with Crippen LogP contribution in [0.15, 0.2) is 82.8 Å². The third-order valence-corrected chi connectivity index (χ3v) is 6.60. The summed E-state index contributed by atoms with van der Waals surface area (Å²) in [5, 5.41) is 6.10. The van der Waals surface area contributed by atoms with Crippen molar-refractivity contribution in [1.82, 2.24) is 5.01 Å². The number of hydrogen-bond acceptors (Lipinski definition) is 5. The largest absolute Gasteiger partial charge is 0.497 e. The first-order valence-electron chi connectivity index (χ1n) is 10.7. The van der Waals surface area contributed by atoms with E-state index in [1.165, 1.54) is 42.9 Å². The Balaban J connectivity index is 1.54. The Morgan fingerprint density at radius 2 is 1.65 bits per heavy atom. The summed E-state index contributed by atoms with van der Waals surface area (Å²) in [5.41, 5.74) is 3.34. The van der Waals surface area contributed by atoms with Crippen LogP contribution in [-0.4, -0.2) is 29.6 Å². The number of hydrazone groups is 1. The first-order chi connectivity index (χ1) is 16.4. The molecule has 0 saturated carbocycles. The fourth-order valence-electron chi connectivity index (χ4n) is 3.75. The van der Waals surface area contributed by atoms with Gasteiger partial charge in [-0.1, -0.05) is 24.3 Å². The Morgan fingerprint density at radius 3 is 2.21 bits per heavy atom. The highest BCUT2D eigenvalue weighted by Crippen LogP contribution is 2.35. The van der Waals surface area contributed by atoms with Crippen molar-refractivity contribution < 1.29 is 18.7 Å². The van der Waals surface area contributed by atoms with Crippen molar-refractivity contribution in [3.8, 4) is 5.75 Å². The monoisotopic (exact) mass is 477 g/mol. The predicted octanol–water partition coefficient (Wildman–Crippen LogP) is 5.59. The van der Waals surface area contributed by atoms with Gasteiger partial charge in [-0.2, -0.15) is 5.10 Å². The smallest absolute Gasteiger partial charge is 0.240 e. The second-order valence-electron chi connectivity index (χ2n) is 7.81. The summed E-state index contributed by atoms with van der Waals surface area (Å²) in [6.07, 6.45) is 0.575. The van der Waals surface area contributed by atoms with Crippen LogP contribution >= 0.6 is 11.9 Å². The van der Waals surface area contributed by atoms with Crippen LogP contribution in [0.1, 0.15) is 37.4 Å². The van der Waals surface area contributed by atoms with Crippen molar-refractivity contribution in [2.24, 2.45) is 5.10 Å². The lowest BCUT2D eigenvalue weighted by Gasteiger charge is -2.20. The highest BCUT2D eigenvalue weighted by molar-refractivity contribution is 8.01. The van der Waals surface area contributed by atoms with Gasteiger partial charge in [0, 0.05) is 25.2 Å². The average molecular weight is 478 g/mol. The lowest BCUT2D eigenvalue weighted by atomic mass is 9.98. The number of amides is 2. The van der Waals surface area contributed by atoms with Gasteiger partial charge in [0.05, 0.1) is 24.6 Å². The van der Waals surface area contributed by atoms with Crippen molar-refractivity contribution in [2.75, 3.05) is 11.4 Å². The van der Waals surface area contributed by atoms with Crippen LogP contribution in [0.5, 0.6) is 5.75 Å². The van der Waals surface area contributed by atoms with Gasteiger partial charge in [0.2, 0.25) is 11.8 Å². The summed E-state index contributed by atoms with van der Waals surface area (Å²) in [6, 6.07) is 20.9. The molecule has 4 rings (SSSR count). The van der Waals surface area contributed by atoms with E-state index < -0.39 is 0 Å². The van der Waals surface area contributed by atoms with E-state index in [0.29, 0.717) is 12.1 Å². The molecule has 174 valence electrons. The van der Waals surface area contributed by atoms with Gasteiger partial charge < -0.3 is 4.74 Å². The maximum Gasteiger partial charge on any atom is 0.240 e. The summed E-state index contributed by atoms with van der Waals surface area (Å²) in [7, 11) is 1.61. The summed E-state index contributed by atoms with van der Waals surface area (Å²) in [5.74, 6) is 0.142. The third-order valence-electron chi connectivity index (χ3n) is 5.46. The van der Waals surface area contributed by atoms with E-state index in [1.807, 2.05) is 48.5 Å². The fourth-order valence-corrected chi connectivity index (χ4v) is 4.57. The summed E-state index contributed by atoms with van der Waals surface area (Å²) in [6.45, 7) is 2.99. The average Bonchev–Trinajstić information content (AvgIpc) is 3.30. The van der Waals surface area contributed by atoms with E-state index >= 15 is 0 Å². The number of hydrogen-bond donors (Lipinski definition) is 0. The summed E-state index contributed by atoms with van der Waals surface area (Å²) >= 11 is 1.23. The molecule has 0 bridgehead atoms. The molecule has 1 aliphatic heterocycles. The molecule has 0 aromatic heterocycles. The van der Waals surface area contributed by atoms with Crippen molar-refractivity contribution in [2.45, 2.75) is 31.2 Å². The van der Waals surface area contributed by atoms with Gasteiger partial charge in [0.25, 0.3) is 0 Å². The topological polar surface area (TPSA) is 62.2 Å². The second-order valence-corrected chi connectivity index (χ2v) is 8.83. The molecule has 1 aliphatic rings. The van der Waals surface area contributed by atoms with Crippen LogP contribution < -0.4 is 9.04 Å². The number of carbonyl (C=O) groups is 2. The maximum absolute atomic E-state index is 13.2. The molecule has 8 heteroatoms. The zero-order valence-corrected chi connectivity index (χ0v) is 19.9. The number of ether oxygens (including phenoxy) is 1. The standard InChI is InChI=1S/C26H24FN3O3S/c1-17(31)29-26(20-6-12-23(33-3)13-7-20)16-25(28-29)19-4-10-22(11-5-19)30(18(2)32)34-24-14-8-21(27)9-15-24/h4-15,26H,16H2,1-3H3. The van der Waals surface area contributed by atoms with Crippen LogP contribution in [0.3, 0.4) is 0 Å². The highest BCUT2D eigenvalue weighted by atomic mass is 32.2. The second kappa shape index (κ2) is 10.1. The van der Waals surface area contributed by atoms with Crippen LogP contribution in [0.4, 0.5) is 10.1 Å². The molecule has 6 nitrogen and oxygen atoms in total. The number of nitrogens with zero attached hydrogens (tertiary/aromatic N) is 3. The molecule has 34 heavy (non-hydrogen) atoms. The van der Waals surface area contributed by atoms with Crippen LogP contribution in [0.2, 0.25) is 0 Å². The number of methoxy groups -OCH3 is 1. The Morgan fingerprint density at radius 1 is 1.00 bits per heavy atom. The van der Waals surface area contributed by atoms with E-state index in [0.717, 1.165) is 27.5 Å². The minimum absolute atomic E-state index is 0.133. The molecule has 1 heterocycles. The number of rotatable bonds is 6. The molecule has 0 saturated heterocycles. The SMILES string of the molecule is COc1ccc(C2CC(c3ccc(N(Sc4ccc(F)cc4)C(C)=O)cc3)=NN2C(C)=O)cc1. The highest BCUT2D eigenvalue weighted by Gasteiger charge is 2.31. The van der Waals surface area contributed by atoms with Gasteiger partial charge in [-0.3, -0.25) is 9.59 Å². The molecule has 3 aromatic rings. The molecule has 0 spiro atoms. The molecule has 1 unspecified atom stereocenters. The minimum Gasteiger partial charge on any atom is -0.497 e. The van der Waals surface area contributed by atoms with Crippen LogP contribution in [0.25, 0.3) is 0 Å². The van der Waals surface area contributed by atoms with Crippen molar-refractivity contribution >= 4 is 35.2 Å². The molecule has 1 atom stereocenters. The van der Waals surface area contributed by atoms with Gasteiger partial charge in [0.15, 0.2) is 0 Å². The first-order valence-corrected chi connectivity index (χ1v) is 11.5. The van der Waals surface area contributed by atoms with Gasteiger partial charge in [0.1, 0.15) is 11.6 Å². The third kappa shape index (κ3) is 5.12. The number of halogens is 1. The molecule has 3 aromatic carbocycles. The lowest BCUT2D eigenvalue weighted by molar-refractivity contribution is -0.130. The molecule has 0 N–H and O–H groups in total. The van der Waals surface area contributed by atoms with E-state index in [-0.39, 0.29) is 23.7 Å². The quantitative estimate of drug-likeness (QED) is 0.434. The van der Waals surface area contributed by atoms with Crippen molar-refractivity contribution in [1.29, 1.82) is 0 Å². The summed E-state index contributed by atoms with van der Waals surface area (Å²) < 4.78 is 20.0. The Kier molecular flexibility index (Phi) is 6.98. The van der Waals surface area contributed by atoms with E-state index in [9.17, 15) is 14.0 Å². The van der Waals surface area contributed by atoms with E-state index in [4.69, 9.17) is 4.74 Å². The maximum atomic E-state index is 13.2. The zero-order valence-electron chi connectivity index (χ0n) is 19.1. The molecule has 2 amide bonds. The number of anilines is 1. The van der Waals surface area contributed by atoms with Gasteiger partial charge in [-0.15, -0.1) is 0 Å². The van der Waals surface area contributed by atoms with Crippen LogP contribution in [-0.2, 0) is 9.59 Å². The van der Waals surface area contributed by atoms with Gasteiger partial charge in [-0.25, -0.2) is 13.7 Å². The summed E-state index contributed by atoms with van der Waals surface area (Å²) in [4.78, 5) is 25.3. The Bertz CT molecular complexity index is 1210. The molecular weight excluding hydrogens is 453 g/mol. The Hall–Kier alpha value is -3.65. The van der Waals surface area contributed by atoms with Gasteiger partial charge >= 0.3 is 0 Å². The molecule has 0 aliphatic carbocycles. The fraction of sp³-hybridized carbons (Fsp3) is 0.192. The predicted molar refractivity (Wildman–Crippen MR) is 131 cm³/mol. The van der Waals surface area contributed by atoms with E-state index in [1.54, 1.807) is 23.5 Å². The first kappa shape index (κ1) is 23.5. The number of carbonyl (C=O) groups excluding carboxylic acids is 2. The van der Waals surface area contributed by atoms with E-state index in [2.05, 4.69) is 5.10 Å². The minimum atomic E-state index is -0.326. The van der Waals surface area contributed by atoms with Crippen molar-refractivity contribution in [3.63, 3.8) is 0 Å². The molecular formula is C26H24FN3O3S. The molecule has 0 radical (unpaired) electrons. The lowest BCUT2D eigenvalue weighted by Crippen LogP contribution is -2.24. The normalized spacial score (nSPS) is 15.1.